The van der Waals surface area contributed by atoms with Gasteiger partial charge in [0.15, 0.2) is 9.84 Å². The van der Waals surface area contributed by atoms with Crippen LogP contribution in [0.4, 0.5) is 5.69 Å². The van der Waals surface area contributed by atoms with Gasteiger partial charge in [-0.3, -0.25) is 0 Å². The van der Waals surface area contributed by atoms with Crippen molar-refractivity contribution in [1.29, 1.82) is 5.26 Å². The lowest BCUT2D eigenvalue weighted by molar-refractivity contribution is 0.460. The monoisotopic (exact) mass is 289 g/mol. The van der Waals surface area contributed by atoms with Gasteiger partial charge in [-0.1, -0.05) is 6.07 Å². The third-order valence-electron chi connectivity index (χ3n) is 2.44. The number of hydrogen-bond donors (Lipinski definition) is 1. The molecule has 0 atom stereocenters. The molecule has 0 saturated carbocycles. The zero-order chi connectivity index (χ0) is 14.8. The predicted molar refractivity (Wildman–Crippen MR) is 73.0 cm³/mol. The maximum absolute atomic E-state index is 11.5. The summed E-state index contributed by atoms with van der Waals surface area (Å²) in [5.74, 6) is 0.356. The Kier molecular flexibility index (Phi) is 3.59. The number of anilines is 1. The van der Waals surface area contributed by atoms with Crippen LogP contribution in [-0.4, -0.2) is 19.7 Å². The zero-order valence-corrected chi connectivity index (χ0v) is 11.4. The van der Waals surface area contributed by atoms with Crippen molar-refractivity contribution in [2.75, 3.05) is 12.0 Å². The molecule has 1 aromatic carbocycles. The van der Waals surface area contributed by atoms with Crippen molar-refractivity contribution >= 4 is 15.5 Å². The molecule has 7 heteroatoms. The van der Waals surface area contributed by atoms with Gasteiger partial charge in [0.05, 0.1) is 16.8 Å². The number of aromatic nitrogens is 1. The van der Waals surface area contributed by atoms with Crippen LogP contribution in [0.1, 0.15) is 5.56 Å². The van der Waals surface area contributed by atoms with Gasteiger partial charge in [-0.15, -0.1) is 0 Å². The second kappa shape index (κ2) is 5.19. The average Bonchev–Trinajstić information content (AvgIpc) is 2.40. The summed E-state index contributed by atoms with van der Waals surface area (Å²) in [5, 5.41) is 8.98. The van der Waals surface area contributed by atoms with Gasteiger partial charge >= 0.3 is 0 Å². The highest BCUT2D eigenvalue weighted by atomic mass is 32.2. The van der Waals surface area contributed by atoms with Crippen molar-refractivity contribution in [3.05, 3.63) is 42.1 Å². The summed E-state index contributed by atoms with van der Waals surface area (Å²) >= 11 is 0. The number of nitrogens with zero attached hydrogens (tertiary/aromatic N) is 2. The fraction of sp³-hybridized carbons (Fsp3) is 0.0769. The summed E-state index contributed by atoms with van der Waals surface area (Å²) in [5.41, 5.74) is 6.05. The van der Waals surface area contributed by atoms with E-state index in [-0.39, 0.29) is 22.1 Å². The van der Waals surface area contributed by atoms with Gasteiger partial charge in [-0.05, 0) is 24.3 Å². The number of benzene rings is 1. The normalized spacial score (nSPS) is 10.8. The second-order valence-electron chi connectivity index (χ2n) is 4.08. The van der Waals surface area contributed by atoms with E-state index in [4.69, 9.17) is 15.7 Å². The molecular formula is C13H11N3O3S. The topological polar surface area (TPSA) is 106 Å². The summed E-state index contributed by atoms with van der Waals surface area (Å²) < 4.78 is 28.4. The highest BCUT2D eigenvalue weighted by Gasteiger charge is 2.11. The Balaban J connectivity index is 2.39. The van der Waals surface area contributed by atoms with Crippen molar-refractivity contribution in [2.45, 2.75) is 4.90 Å². The van der Waals surface area contributed by atoms with E-state index in [1.807, 2.05) is 6.07 Å². The van der Waals surface area contributed by atoms with Gasteiger partial charge in [0.2, 0.25) is 5.88 Å². The van der Waals surface area contributed by atoms with E-state index in [9.17, 15) is 8.42 Å². The molecule has 0 spiro atoms. The second-order valence-corrected chi connectivity index (χ2v) is 6.10. The van der Waals surface area contributed by atoms with E-state index in [0.29, 0.717) is 5.69 Å². The fourth-order valence-electron chi connectivity index (χ4n) is 1.51. The average molecular weight is 289 g/mol. The van der Waals surface area contributed by atoms with Crippen LogP contribution in [0.15, 0.2) is 41.4 Å². The van der Waals surface area contributed by atoms with E-state index in [1.165, 1.54) is 24.4 Å². The number of pyridine rings is 1. The molecule has 0 aliphatic rings. The van der Waals surface area contributed by atoms with Crippen LogP contribution >= 0.6 is 0 Å². The predicted octanol–water partition coefficient (Wildman–Crippen LogP) is 1.73. The van der Waals surface area contributed by atoms with Gasteiger partial charge in [-0.25, -0.2) is 13.4 Å². The van der Waals surface area contributed by atoms with Gasteiger partial charge < -0.3 is 10.5 Å². The Morgan fingerprint density at radius 2 is 2.10 bits per heavy atom. The third kappa shape index (κ3) is 3.05. The Hall–Kier alpha value is -2.59. The van der Waals surface area contributed by atoms with Crippen LogP contribution in [-0.2, 0) is 9.84 Å². The lowest BCUT2D eigenvalue weighted by Gasteiger charge is -2.07. The highest BCUT2D eigenvalue weighted by Crippen LogP contribution is 2.25. The lowest BCUT2D eigenvalue weighted by atomic mass is 10.3. The molecule has 1 heterocycles. The Morgan fingerprint density at radius 1 is 1.35 bits per heavy atom. The number of sulfone groups is 1. The van der Waals surface area contributed by atoms with Crippen molar-refractivity contribution in [3.63, 3.8) is 0 Å². The van der Waals surface area contributed by atoms with E-state index in [1.54, 1.807) is 12.1 Å². The van der Waals surface area contributed by atoms with Crippen molar-refractivity contribution in [3.8, 4) is 17.7 Å². The van der Waals surface area contributed by atoms with Crippen LogP contribution in [0.3, 0.4) is 0 Å². The number of hydrogen-bond acceptors (Lipinski definition) is 6. The standard InChI is InChI=1S/C13H11N3O3S/c1-20(17,18)12-4-2-3-11(6-12)19-13-9(7-14)5-10(15)8-16-13/h2-6,8H,15H2,1H3. The summed E-state index contributed by atoms with van der Waals surface area (Å²) in [6, 6.07) is 9.31. The molecule has 102 valence electrons. The Bertz CT molecular complexity index is 795. The third-order valence-corrected chi connectivity index (χ3v) is 3.55. The zero-order valence-electron chi connectivity index (χ0n) is 10.6. The van der Waals surface area contributed by atoms with Gasteiger partial charge in [0.25, 0.3) is 0 Å². The molecule has 0 radical (unpaired) electrons. The van der Waals surface area contributed by atoms with Crippen molar-refractivity contribution in [1.82, 2.24) is 4.98 Å². The molecule has 0 unspecified atom stereocenters. The first-order chi connectivity index (χ1) is 9.40. The number of ether oxygens (including phenoxy) is 1. The van der Waals surface area contributed by atoms with E-state index in [0.717, 1.165) is 6.26 Å². The van der Waals surface area contributed by atoms with E-state index in [2.05, 4.69) is 4.98 Å². The smallest absolute Gasteiger partial charge is 0.237 e. The number of rotatable bonds is 3. The molecule has 1 aromatic heterocycles. The molecule has 2 aromatic rings. The largest absolute Gasteiger partial charge is 0.438 e. The first-order valence-corrected chi connectivity index (χ1v) is 7.43. The summed E-state index contributed by atoms with van der Waals surface area (Å²) in [6.45, 7) is 0. The van der Waals surface area contributed by atoms with Crippen LogP contribution < -0.4 is 10.5 Å². The highest BCUT2D eigenvalue weighted by molar-refractivity contribution is 7.90. The van der Waals surface area contributed by atoms with Crippen LogP contribution in [0.5, 0.6) is 11.6 Å². The Morgan fingerprint density at radius 3 is 2.75 bits per heavy atom. The van der Waals surface area contributed by atoms with E-state index >= 15 is 0 Å². The minimum atomic E-state index is -3.33. The first-order valence-electron chi connectivity index (χ1n) is 5.54. The maximum atomic E-state index is 11.5. The SMILES string of the molecule is CS(=O)(=O)c1cccc(Oc2ncc(N)cc2C#N)c1. The summed E-state index contributed by atoms with van der Waals surface area (Å²) in [4.78, 5) is 4.05. The molecule has 0 aliphatic carbocycles. The van der Waals surface area contributed by atoms with Crippen LogP contribution in [0.2, 0.25) is 0 Å². The van der Waals surface area contributed by atoms with Gasteiger partial charge in [0.1, 0.15) is 17.4 Å². The first kappa shape index (κ1) is 13.8. The quantitative estimate of drug-likeness (QED) is 0.922. The molecular weight excluding hydrogens is 278 g/mol. The molecule has 0 bridgehead atoms. The van der Waals surface area contributed by atoms with Crippen LogP contribution in [0.25, 0.3) is 0 Å². The number of nitrogens with two attached hydrogens (primary N) is 1. The maximum Gasteiger partial charge on any atom is 0.237 e. The Labute approximate surface area is 116 Å². The molecule has 20 heavy (non-hydrogen) atoms. The number of nitriles is 1. The molecule has 2 rings (SSSR count). The molecule has 0 aliphatic heterocycles. The van der Waals surface area contributed by atoms with Crippen molar-refractivity contribution < 1.29 is 13.2 Å². The van der Waals surface area contributed by atoms with Crippen LogP contribution in [0, 0.1) is 11.3 Å². The molecule has 2 N–H and O–H groups in total. The fourth-order valence-corrected chi connectivity index (χ4v) is 2.17. The van der Waals surface area contributed by atoms with Crippen molar-refractivity contribution in [2.24, 2.45) is 0 Å². The minimum absolute atomic E-state index is 0.0763. The number of nitrogen functional groups attached to an aromatic ring is 1. The summed E-state index contributed by atoms with van der Waals surface area (Å²) in [7, 11) is -3.33. The molecule has 6 nitrogen and oxygen atoms in total. The summed E-state index contributed by atoms with van der Waals surface area (Å²) in [6.07, 6.45) is 2.46. The molecule has 0 saturated heterocycles. The lowest BCUT2D eigenvalue weighted by Crippen LogP contribution is -1.98. The minimum Gasteiger partial charge on any atom is -0.438 e. The van der Waals surface area contributed by atoms with E-state index < -0.39 is 9.84 Å². The molecule has 0 fully saturated rings. The van der Waals surface area contributed by atoms with Gasteiger partial charge in [-0.2, -0.15) is 5.26 Å². The van der Waals surface area contributed by atoms with Gasteiger partial charge in [0, 0.05) is 6.26 Å². The molecule has 0 amide bonds.